The lowest BCUT2D eigenvalue weighted by molar-refractivity contribution is -0.148. The van der Waals surface area contributed by atoms with E-state index in [1.807, 2.05) is 0 Å². The van der Waals surface area contributed by atoms with Crippen molar-refractivity contribution in [1.29, 1.82) is 0 Å². The van der Waals surface area contributed by atoms with Crippen LogP contribution in [0.25, 0.3) is 0 Å². The Morgan fingerprint density at radius 2 is 2.00 bits per heavy atom. The molecule has 0 aliphatic carbocycles. The molecule has 0 aromatic rings. The molecule has 0 radical (unpaired) electrons. The number of methoxy groups -OCH3 is 1. The standard InChI is InChI=1S/C7H10ClNO4/c1-4(9)6(7(11)12-2)13-5(10)3-8/h3,9H2,1-2H3/b6-4+. The summed E-state index contributed by atoms with van der Waals surface area (Å²) in [5.74, 6) is -2.24. The van der Waals surface area contributed by atoms with Crippen molar-refractivity contribution < 1.29 is 19.1 Å². The summed E-state index contributed by atoms with van der Waals surface area (Å²) in [6.45, 7) is 1.41. The summed E-state index contributed by atoms with van der Waals surface area (Å²) in [7, 11) is 1.15. The monoisotopic (exact) mass is 207 g/mol. The minimum absolute atomic E-state index is 0.0605. The minimum atomic E-state index is -0.807. The molecule has 0 rings (SSSR count). The maximum absolute atomic E-state index is 10.9. The smallest absolute Gasteiger partial charge is 0.375 e. The van der Waals surface area contributed by atoms with Crippen LogP contribution in [0.2, 0.25) is 0 Å². The zero-order valence-electron chi connectivity index (χ0n) is 7.30. The van der Waals surface area contributed by atoms with E-state index in [1.165, 1.54) is 6.92 Å². The molecular formula is C7H10ClNO4. The van der Waals surface area contributed by atoms with Gasteiger partial charge in [0.15, 0.2) is 0 Å². The third kappa shape index (κ3) is 3.80. The number of carbonyl (C=O) groups excluding carboxylic acids is 2. The van der Waals surface area contributed by atoms with Gasteiger partial charge in [-0.25, -0.2) is 4.79 Å². The van der Waals surface area contributed by atoms with Gasteiger partial charge in [0.2, 0.25) is 5.76 Å². The van der Waals surface area contributed by atoms with Gasteiger partial charge in [0.25, 0.3) is 0 Å². The van der Waals surface area contributed by atoms with Crippen molar-refractivity contribution >= 4 is 23.5 Å². The van der Waals surface area contributed by atoms with Crippen LogP contribution in [0.4, 0.5) is 0 Å². The number of rotatable bonds is 3. The van der Waals surface area contributed by atoms with Gasteiger partial charge in [-0.2, -0.15) is 0 Å². The zero-order chi connectivity index (χ0) is 10.4. The van der Waals surface area contributed by atoms with Crippen LogP contribution in [-0.4, -0.2) is 24.9 Å². The van der Waals surface area contributed by atoms with Crippen molar-refractivity contribution in [3.05, 3.63) is 11.5 Å². The number of halogens is 1. The molecule has 5 nitrogen and oxygen atoms in total. The molecule has 0 fully saturated rings. The lowest BCUT2D eigenvalue weighted by Crippen LogP contribution is -2.18. The maximum atomic E-state index is 10.9. The first-order chi connectivity index (χ1) is 6.02. The molecule has 0 bridgehead atoms. The lowest BCUT2D eigenvalue weighted by Gasteiger charge is -2.06. The number of alkyl halides is 1. The van der Waals surface area contributed by atoms with E-state index in [0.717, 1.165) is 7.11 Å². The molecule has 0 spiro atoms. The molecule has 13 heavy (non-hydrogen) atoms. The molecule has 0 unspecified atom stereocenters. The summed E-state index contributed by atoms with van der Waals surface area (Å²) in [6.07, 6.45) is 0. The van der Waals surface area contributed by atoms with Gasteiger partial charge in [-0.15, -0.1) is 11.6 Å². The SMILES string of the molecule is COC(=O)/C(OC(=O)CCl)=C(/C)N. The third-order valence-corrected chi connectivity index (χ3v) is 1.27. The average Bonchev–Trinajstić information content (AvgIpc) is 2.11. The average molecular weight is 208 g/mol. The Hall–Kier alpha value is -1.23. The first-order valence-electron chi connectivity index (χ1n) is 3.34. The van der Waals surface area contributed by atoms with E-state index in [9.17, 15) is 9.59 Å². The van der Waals surface area contributed by atoms with Crippen molar-refractivity contribution in [3.63, 3.8) is 0 Å². The van der Waals surface area contributed by atoms with Gasteiger partial charge in [-0.1, -0.05) is 0 Å². The van der Waals surface area contributed by atoms with Crippen LogP contribution in [0.5, 0.6) is 0 Å². The molecule has 0 saturated carbocycles. The highest BCUT2D eigenvalue weighted by atomic mass is 35.5. The molecule has 0 amide bonds. The van der Waals surface area contributed by atoms with E-state index in [4.69, 9.17) is 17.3 Å². The Bertz CT molecular complexity index is 245. The van der Waals surface area contributed by atoms with E-state index in [-0.39, 0.29) is 17.3 Å². The van der Waals surface area contributed by atoms with Crippen LogP contribution in [-0.2, 0) is 19.1 Å². The van der Waals surface area contributed by atoms with E-state index < -0.39 is 11.9 Å². The molecule has 0 aromatic heterocycles. The molecule has 0 aliphatic rings. The number of hydrogen-bond acceptors (Lipinski definition) is 5. The number of carbonyl (C=O) groups is 2. The first kappa shape index (κ1) is 11.8. The van der Waals surface area contributed by atoms with E-state index in [0.29, 0.717) is 0 Å². The van der Waals surface area contributed by atoms with Gasteiger partial charge in [-0.3, -0.25) is 4.79 Å². The van der Waals surface area contributed by atoms with E-state index in [2.05, 4.69) is 9.47 Å². The fourth-order valence-electron chi connectivity index (χ4n) is 0.517. The van der Waals surface area contributed by atoms with Gasteiger partial charge < -0.3 is 15.2 Å². The Morgan fingerprint density at radius 3 is 2.31 bits per heavy atom. The highest BCUT2D eigenvalue weighted by Gasteiger charge is 2.17. The second-order valence-corrected chi connectivity index (χ2v) is 2.38. The van der Waals surface area contributed by atoms with Crippen molar-refractivity contribution in [2.24, 2.45) is 5.73 Å². The highest BCUT2D eigenvalue weighted by Crippen LogP contribution is 2.04. The van der Waals surface area contributed by atoms with Gasteiger partial charge in [0, 0.05) is 0 Å². The molecule has 0 atom stereocenters. The quantitative estimate of drug-likeness (QED) is 0.308. The molecule has 0 heterocycles. The molecule has 0 aromatic carbocycles. The fraction of sp³-hybridized carbons (Fsp3) is 0.429. The van der Waals surface area contributed by atoms with Crippen LogP contribution in [0.15, 0.2) is 11.5 Å². The molecule has 0 aliphatic heterocycles. The predicted octanol–water partition coefficient (Wildman–Crippen LogP) is 0.132. The molecule has 0 saturated heterocycles. The van der Waals surface area contributed by atoms with Gasteiger partial charge in [0.1, 0.15) is 5.88 Å². The predicted molar refractivity (Wildman–Crippen MR) is 45.7 cm³/mol. The topological polar surface area (TPSA) is 78.6 Å². The Morgan fingerprint density at radius 1 is 1.46 bits per heavy atom. The van der Waals surface area contributed by atoms with E-state index in [1.54, 1.807) is 0 Å². The number of esters is 2. The second-order valence-electron chi connectivity index (χ2n) is 2.11. The number of hydrogen-bond donors (Lipinski definition) is 1. The Balaban J connectivity index is 4.57. The summed E-state index contributed by atoms with van der Waals surface area (Å²) in [5, 5.41) is 0. The van der Waals surface area contributed by atoms with E-state index >= 15 is 0 Å². The Kier molecular flexibility index (Phi) is 4.91. The number of ether oxygens (including phenoxy) is 2. The summed E-state index contributed by atoms with van der Waals surface area (Å²) in [4.78, 5) is 21.6. The third-order valence-electron chi connectivity index (χ3n) is 1.05. The summed E-state index contributed by atoms with van der Waals surface area (Å²) >= 11 is 5.16. The van der Waals surface area contributed by atoms with Crippen LogP contribution >= 0.6 is 11.6 Å². The molecule has 74 valence electrons. The van der Waals surface area contributed by atoms with Crippen LogP contribution in [0, 0.1) is 0 Å². The van der Waals surface area contributed by atoms with Crippen molar-refractivity contribution in [2.75, 3.05) is 13.0 Å². The summed E-state index contributed by atoms with van der Waals surface area (Å²) < 4.78 is 8.84. The fourth-order valence-corrected chi connectivity index (χ4v) is 0.572. The summed E-state index contributed by atoms with van der Waals surface area (Å²) in [5.41, 5.74) is 5.34. The first-order valence-corrected chi connectivity index (χ1v) is 3.87. The van der Waals surface area contributed by atoms with Crippen molar-refractivity contribution in [1.82, 2.24) is 0 Å². The van der Waals surface area contributed by atoms with Crippen LogP contribution in [0.1, 0.15) is 6.92 Å². The normalized spacial score (nSPS) is 11.6. The number of nitrogens with two attached hydrogens (primary N) is 1. The second kappa shape index (κ2) is 5.42. The largest absolute Gasteiger partial charge is 0.463 e. The Labute approximate surface area is 80.4 Å². The van der Waals surface area contributed by atoms with Crippen LogP contribution < -0.4 is 5.73 Å². The van der Waals surface area contributed by atoms with Gasteiger partial charge >= 0.3 is 11.9 Å². The summed E-state index contributed by atoms with van der Waals surface area (Å²) in [6, 6.07) is 0. The molecule has 2 N–H and O–H groups in total. The van der Waals surface area contributed by atoms with Crippen molar-refractivity contribution in [2.45, 2.75) is 6.92 Å². The van der Waals surface area contributed by atoms with Gasteiger partial charge in [-0.05, 0) is 6.92 Å². The zero-order valence-corrected chi connectivity index (χ0v) is 8.05. The minimum Gasteiger partial charge on any atom is -0.463 e. The van der Waals surface area contributed by atoms with Crippen LogP contribution in [0.3, 0.4) is 0 Å². The molecular weight excluding hydrogens is 198 g/mol. The highest BCUT2D eigenvalue weighted by molar-refractivity contribution is 6.26. The number of allylic oxidation sites excluding steroid dienone is 1. The van der Waals surface area contributed by atoms with Crippen molar-refractivity contribution in [3.8, 4) is 0 Å². The maximum Gasteiger partial charge on any atom is 0.375 e. The van der Waals surface area contributed by atoms with Gasteiger partial charge in [0.05, 0.1) is 12.8 Å². The molecule has 6 heteroatoms. The lowest BCUT2D eigenvalue weighted by atomic mass is 10.4.